The quantitative estimate of drug-likeness (QED) is 0.652. The minimum atomic E-state index is -0.414. The molecule has 1 aliphatic carbocycles. The number of aryl methyl sites for hydroxylation is 2. The second-order valence-electron chi connectivity index (χ2n) is 6.90. The van der Waals surface area contributed by atoms with Crippen molar-refractivity contribution in [3.8, 4) is 0 Å². The lowest BCUT2D eigenvalue weighted by atomic mass is 10.1. The fourth-order valence-corrected chi connectivity index (χ4v) is 4.98. The van der Waals surface area contributed by atoms with Gasteiger partial charge >= 0.3 is 5.97 Å². The first-order chi connectivity index (χ1) is 14.0. The fourth-order valence-electron chi connectivity index (χ4n) is 3.69. The molecule has 1 aromatic carbocycles. The van der Waals surface area contributed by atoms with E-state index in [1.807, 2.05) is 6.07 Å². The smallest absolute Gasteiger partial charge is 0.341 e. The molecule has 1 amide bonds. The van der Waals surface area contributed by atoms with Crippen LogP contribution in [0.4, 0.5) is 5.00 Å². The number of aromatic nitrogens is 2. The Labute approximate surface area is 171 Å². The first kappa shape index (κ1) is 19.3. The molecule has 2 aromatic heterocycles. The lowest BCUT2D eigenvalue weighted by Gasteiger charge is -2.11. The van der Waals surface area contributed by atoms with Crippen LogP contribution in [-0.4, -0.2) is 28.0 Å². The molecule has 0 radical (unpaired) electrons. The van der Waals surface area contributed by atoms with Gasteiger partial charge in [0.15, 0.2) is 0 Å². The molecule has 0 unspecified atom stereocenters. The van der Waals surface area contributed by atoms with Crippen LogP contribution in [0.2, 0.25) is 0 Å². The number of thiophene rings is 1. The number of nitrogens with one attached hydrogen (secondary N) is 1. The highest BCUT2D eigenvalue weighted by molar-refractivity contribution is 7.17. The van der Waals surface area contributed by atoms with Crippen LogP contribution < -0.4 is 10.9 Å². The number of esters is 1. The van der Waals surface area contributed by atoms with Crippen molar-refractivity contribution in [2.24, 2.45) is 0 Å². The Hall–Kier alpha value is -3.00. The second-order valence-corrected chi connectivity index (χ2v) is 8.00. The van der Waals surface area contributed by atoms with Crippen LogP contribution in [0.1, 0.15) is 40.0 Å². The number of rotatable bonds is 5. The summed E-state index contributed by atoms with van der Waals surface area (Å²) in [5, 5.41) is 3.79. The molecule has 7 nitrogen and oxygen atoms in total. The average molecular weight is 411 g/mol. The molecule has 150 valence electrons. The van der Waals surface area contributed by atoms with Gasteiger partial charge < -0.3 is 10.1 Å². The number of ether oxygens (including phenoxy) is 1. The minimum absolute atomic E-state index is 0.173. The van der Waals surface area contributed by atoms with Gasteiger partial charge in [-0.2, -0.15) is 0 Å². The largest absolute Gasteiger partial charge is 0.462 e. The van der Waals surface area contributed by atoms with Gasteiger partial charge in [-0.3, -0.25) is 14.2 Å². The van der Waals surface area contributed by atoms with Gasteiger partial charge in [-0.15, -0.1) is 11.3 Å². The number of anilines is 1. The summed E-state index contributed by atoms with van der Waals surface area (Å²) in [4.78, 5) is 43.5. The van der Waals surface area contributed by atoms with Crippen molar-refractivity contribution in [3.05, 3.63) is 56.4 Å². The van der Waals surface area contributed by atoms with Crippen LogP contribution in [0, 0.1) is 6.92 Å². The van der Waals surface area contributed by atoms with Crippen LogP contribution in [0.5, 0.6) is 0 Å². The van der Waals surface area contributed by atoms with E-state index in [4.69, 9.17) is 4.74 Å². The molecule has 29 heavy (non-hydrogen) atoms. The molecule has 1 N–H and O–H groups in total. The van der Waals surface area contributed by atoms with E-state index in [1.165, 1.54) is 15.9 Å². The Kier molecular flexibility index (Phi) is 5.19. The summed E-state index contributed by atoms with van der Waals surface area (Å²) in [6.45, 7) is 3.55. The monoisotopic (exact) mass is 411 g/mol. The van der Waals surface area contributed by atoms with Gasteiger partial charge in [0.1, 0.15) is 17.4 Å². The Morgan fingerprint density at radius 3 is 2.86 bits per heavy atom. The zero-order valence-electron chi connectivity index (χ0n) is 16.3. The Morgan fingerprint density at radius 2 is 2.07 bits per heavy atom. The third-order valence-corrected chi connectivity index (χ3v) is 6.22. The lowest BCUT2D eigenvalue weighted by Crippen LogP contribution is -2.30. The number of amides is 1. The van der Waals surface area contributed by atoms with Crippen LogP contribution in [0.3, 0.4) is 0 Å². The zero-order valence-corrected chi connectivity index (χ0v) is 17.1. The molecule has 0 spiro atoms. The summed E-state index contributed by atoms with van der Waals surface area (Å²) in [5.74, 6) is -0.330. The molecule has 1 aliphatic rings. The number of carbonyl (C=O) groups is 2. The van der Waals surface area contributed by atoms with Gasteiger partial charge in [-0.1, -0.05) is 12.1 Å². The van der Waals surface area contributed by atoms with E-state index >= 15 is 0 Å². The topological polar surface area (TPSA) is 90.3 Å². The molecular weight excluding hydrogens is 390 g/mol. The number of hydrogen-bond donors (Lipinski definition) is 1. The number of hydrogen-bond acceptors (Lipinski definition) is 6. The van der Waals surface area contributed by atoms with E-state index in [2.05, 4.69) is 10.3 Å². The average Bonchev–Trinajstić information content (AvgIpc) is 3.26. The van der Waals surface area contributed by atoms with Gasteiger partial charge in [0.05, 0.1) is 23.1 Å². The van der Waals surface area contributed by atoms with E-state index in [0.717, 1.165) is 29.7 Å². The lowest BCUT2D eigenvalue weighted by molar-refractivity contribution is -0.116. The fraction of sp³-hybridized carbons (Fsp3) is 0.333. The van der Waals surface area contributed by atoms with Crippen molar-refractivity contribution in [1.29, 1.82) is 0 Å². The number of nitrogens with zero attached hydrogens (tertiary/aromatic N) is 2. The van der Waals surface area contributed by atoms with Crippen molar-refractivity contribution >= 4 is 39.1 Å². The molecule has 3 aromatic rings. The molecule has 0 aliphatic heterocycles. The van der Waals surface area contributed by atoms with E-state index in [1.54, 1.807) is 32.0 Å². The standard InChI is InChI=1S/C21H21N3O4S/c1-3-28-21(27)18-14-8-6-10-16(14)29-19(18)23-17(25)11-24-12(2)22-15-9-5-4-7-13(15)20(24)26/h4-5,7,9H,3,6,8,10-11H2,1-2H3,(H,23,25). The molecule has 8 heteroatoms. The summed E-state index contributed by atoms with van der Waals surface area (Å²) >= 11 is 1.42. The minimum Gasteiger partial charge on any atom is -0.462 e. The highest BCUT2D eigenvalue weighted by Gasteiger charge is 2.28. The molecule has 0 bridgehead atoms. The highest BCUT2D eigenvalue weighted by Crippen LogP contribution is 2.39. The van der Waals surface area contributed by atoms with Crippen LogP contribution in [0.25, 0.3) is 10.9 Å². The SMILES string of the molecule is CCOC(=O)c1c(NC(=O)Cn2c(C)nc3ccccc3c2=O)sc2c1CCC2. The van der Waals surface area contributed by atoms with Gasteiger partial charge in [-0.25, -0.2) is 9.78 Å². The van der Waals surface area contributed by atoms with Crippen molar-refractivity contribution in [2.75, 3.05) is 11.9 Å². The van der Waals surface area contributed by atoms with Gasteiger partial charge in [0.25, 0.3) is 5.56 Å². The Morgan fingerprint density at radius 1 is 1.28 bits per heavy atom. The van der Waals surface area contributed by atoms with E-state index in [-0.39, 0.29) is 24.6 Å². The number of fused-ring (bicyclic) bond motifs is 2. The summed E-state index contributed by atoms with van der Waals surface area (Å²) in [6, 6.07) is 7.05. The Balaban J connectivity index is 1.63. The molecule has 0 atom stereocenters. The van der Waals surface area contributed by atoms with Crippen LogP contribution in [-0.2, 0) is 28.9 Å². The first-order valence-electron chi connectivity index (χ1n) is 9.57. The van der Waals surface area contributed by atoms with Gasteiger partial charge in [-0.05, 0) is 50.8 Å². The number of benzene rings is 1. The third kappa shape index (κ3) is 3.55. The predicted octanol–water partition coefficient (Wildman–Crippen LogP) is 3.07. The van der Waals surface area contributed by atoms with E-state index in [0.29, 0.717) is 27.3 Å². The molecule has 4 rings (SSSR count). The summed E-state index contributed by atoms with van der Waals surface area (Å²) < 4.78 is 6.54. The van der Waals surface area contributed by atoms with Gasteiger partial charge in [0, 0.05) is 4.88 Å². The Bertz CT molecular complexity index is 1180. The maximum absolute atomic E-state index is 12.8. The normalized spacial score (nSPS) is 12.8. The first-order valence-corrected chi connectivity index (χ1v) is 10.4. The molecule has 0 fully saturated rings. The van der Waals surface area contributed by atoms with Gasteiger partial charge in [0.2, 0.25) is 5.91 Å². The van der Waals surface area contributed by atoms with Crippen LogP contribution >= 0.6 is 11.3 Å². The predicted molar refractivity (Wildman–Crippen MR) is 112 cm³/mol. The van der Waals surface area contributed by atoms with E-state index in [9.17, 15) is 14.4 Å². The molecule has 0 saturated carbocycles. The zero-order chi connectivity index (χ0) is 20.5. The maximum atomic E-state index is 12.8. The maximum Gasteiger partial charge on any atom is 0.341 e. The van der Waals surface area contributed by atoms with Crippen molar-refractivity contribution in [3.63, 3.8) is 0 Å². The van der Waals surface area contributed by atoms with Crippen molar-refractivity contribution in [1.82, 2.24) is 9.55 Å². The van der Waals surface area contributed by atoms with Crippen molar-refractivity contribution in [2.45, 2.75) is 39.7 Å². The summed E-state index contributed by atoms with van der Waals surface area (Å²) in [7, 11) is 0. The summed E-state index contributed by atoms with van der Waals surface area (Å²) in [5.41, 5.74) is 1.77. The van der Waals surface area contributed by atoms with Crippen LogP contribution in [0.15, 0.2) is 29.1 Å². The number of para-hydroxylation sites is 1. The molecule has 0 saturated heterocycles. The third-order valence-electron chi connectivity index (χ3n) is 5.01. The number of carbonyl (C=O) groups excluding carboxylic acids is 2. The molecular formula is C21H21N3O4S. The highest BCUT2D eigenvalue weighted by atomic mass is 32.1. The van der Waals surface area contributed by atoms with E-state index < -0.39 is 5.97 Å². The second kappa shape index (κ2) is 7.79. The van der Waals surface area contributed by atoms with Crippen molar-refractivity contribution < 1.29 is 14.3 Å². The molecule has 2 heterocycles. The summed E-state index contributed by atoms with van der Waals surface area (Å²) in [6.07, 6.45) is 2.71.